The number of halogens is 1. The molecule has 1 aliphatic heterocycles. The summed E-state index contributed by atoms with van der Waals surface area (Å²) >= 11 is 5.77. The average Bonchev–Trinajstić information content (AvgIpc) is 2.47. The van der Waals surface area contributed by atoms with E-state index in [4.69, 9.17) is 11.6 Å². The summed E-state index contributed by atoms with van der Waals surface area (Å²) in [6, 6.07) is 6.91. The van der Waals surface area contributed by atoms with Crippen molar-refractivity contribution in [2.75, 3.05) is 13.1 Å². The van der Waals surface area contributed by atoms with Crippen LogP contribution in [-0.2, 0) is 14.8 Å². The van der Waals surface area contributed by atoms with Crippen LogP contribution in [0.25, 0.3) is 6.08 Å². The van der Waals surface area contributed by atoms with E-state index in [1.165, 1.54) is 15.8 Å². The fourth-order valence-corrected chi connectivity index (χ4v) is 3.55. The van der Waals surface area contributed by atoms with E-state index in [1.54, 1.807) is 24.3 Å². The smallest absolute Gasteiger partial charge is 0.236 e. The molecule has 0 radical (unpaired) electrons. The molecule has 0 bridgehead atoms. The number of hydrogen-bond donors (Lipinski definition) is 0. The van der Waals surface area contributed by atoms with Crippen LogP contribution in [0.2, 0.25) is 5.02 Å². The highest BCUT2D eigenvalue weighted by Crippen LogP contribution is 2.19. The van der Waals surface area contributed by atoms with E-state index in [9.17, 15) is 13.2 Å². The van der Waals surface area contributed by atoms with E-state index in [2.05, 4.69) is 0 Å². The zero-order valence-electron chi connectivity index (χ0n) is 10.9. The summed E-state index contributed by atoms with van der Waals surface area (Å²) < 4.78 is 25.7. The summed E-state index contributed by atoms with van der Waals surface area (Å²) in [4.78, 5) is 10.8. The standard InChI is InChI=1S/C14H16ClNO3S/c15-14-5-3-12(4-6-14)7-9-20(18,19)16-8-1-2-13(10-16)11-17/h3-7,9,11,13H,1-2,8,10H2. The van der Waals surface area contributed by atoms with Crippen LogP contribution in [0, 0.1) is 5.92 Å². The number of hydrogen-bond acceptors (Lipinski definition) is 3. The summed E-state index contributed by atoms with van der Waals surface area (Å²) in [6.45, 7) is 0.744. The first-order chi connectivity index (χ1) is 9.51. The Morgan fingerprint density at radius 2 is 1.95 bits per heavy atom. The number of benzene rings is 1. The summed E-state index contributed by atoms with van der Waals surface area (Å²) in [5, 5.41) is 1.79. The lowest BCUT2D eigenvalue weighted by molar-refractivity contribution is -0.112. The zero-order chi connectivity index (χ0) is 14.6. The lowest BCUT2D eigenvalue weighted by Gasteiger charge is -2.28. The molecule has 1 atom stereocenters. The van der Waals surface area contributed by atoms with Gasteiger partial charge in [-0.3, -0.25) is 0 Å². The molecular weight excluding hydrogens is 298 g/mol. The monoisotopic (exact) mass is 313 g/mol. The summed E-state index contributed by atoms with van der Waals surface area (Å²) in [5.74, 6) is -0.192. The van der Waals surface area contributed by atoms with Crippen molar-refractivity contribution in [1.82, 2.24) is 4.31 Å². The predicted molar refractivity (Wildman–Crippen MR) is 79.8 cm³/mol. The van der Waals surface area contributed by atoms with Gasteiger partial charge in [-0.1, -0.05) is 23.7 Å². The summed E-state index contributed by atoms with van der Waals surface area (Å²) in [6.07, 6.45) is 3.86. The Kier molecular flexibility index (Phi) is 4.96. The lowest BCUT2D eigenvalue weighted by Crippen LogP contribution is -2.39. The van der Waals surface area contributed by atoms with Crippen molar-refractivity contribution in [3.63, 3.8) is 0 Å². The number of carbonyl (C=O) groups is 1. The Morgan fingerprint density at radius 3 is 2.60 bits per heavy atom. The van der Waals surface area contributed by atoms with E-state index in [0.29, 0.717) is 11.6 Å². The second-order valence-corrected chi connectivity index (χ2v) is 7.05. The molecule has 2 rings (SSSR count). The minimum Gasteiger partial charge on any atom is -0.303 e. The highest BCUT2D eigenvalue weighted by atomic mass is 35.5. The third-order valence-electron chi connectivity index (χ3n) is 3.28. The van der Waals surface area contributed by atoms with Crippen molar-refractivity contribution in [3.8, 4) is 0 Å². The van der Waals surface area contributed by atoms with Gasteiger partial charge in [0.2, 0.25) is 10.0 Å². The van der Waals surface area contributed by atoms with Crippen molar-refractivity contribution < 1.29 is 13.2 Å². The Labute approximate surface area is 124 Å². The fourth-order valence-electron chi connectivity index (χ4n) is 2.14. The summed E-state index contributed by atoms with van der Waals surface area (Å²) in [5.41, 5.74) is 0.766. The first-order valence-electron chi connectivity index (χ1n) is 6.40. The van der Waals surface area contributed by atoms with Crippen LogP contribution in [0.5, 0.6) is 0 Å². The van der Waals surface area contributed by atoms with Gasteiger partial charge in [-0.2, -0.15) is 4.31 Å². The maximum absolute atomic E-state index is 12.2. The van der Waals surface area contributed by atoms with Crippen LogP contribution in [0.4, 0.5) is 0 Å². The predicted octanol–water partition coefficient (Wildman–Crippen LogP) is 2.55. The number of sulfonamides is 1. The Hall–Kier alpha value is -1.17. The van der Waals surface area contributed by atoms with Gasteiger partial charge in [-0.25, -0.2) is 8.42 Å². The second kappa shape index (κ2) is 6.52. The van der Waals surface area contributed by atoms with Gasteiger partial charge < -0.3 is 4.79 Å². The van der Waals surface area contributed by atoms with Crippen LogP contribution in [0.3, 0.4) is 0 Å². The minimum atomic E-state index is -3.47. The molecule has 1 unspecified atom stereocenters. The number of nitrogens with zero attached hydrogens (tertiary/aromatic N) is 1. The third-order valence-corrected chi connectivity index (χ3v) is 5.06. The molecule has 108 valence electrons. The van der Waals surface area contributed by atoms with Crippen LogP contribution in [0.1, 0.15) is 18.4 Å². The number of aldehydes is 1. The topological polar surface area (TPSA) is 54.5 Å². The fraction of sp³-hybridized carbons (Fsp3) is 0.357. The lowest BCUT2D eigenvalue weighted by atomic mass is 10.0. The van der Waals surface area contributed by atoms with Gasteiger partial charge >= 0.3 is 0 Å². The van der Waals surface area contributed by atoms with Crippen molar-refractivity contribution in [2.24, 2.45) is 5.92 Å². The first-order valence-corrected chi connectivity index (χ1v) is 8.28. The van der Waals surface area contributed by atoms with Crippen molar-refractivity contribution >= 4 is 34.0 Å². The van der Waals surface area contributed by atoms with Gasteiger partial charge in [0.1, 0.15) is 6.29 Å². The van der Waals surface area contributed by atoms with E-state index >= 15 is 0 Å². The van der Waals surface area contributed by atoms with Crippen LogP contribution >= 0.6 is 11.6 Å². The number of rotatable bonds is 4. The van der Waals surface area contributed by atoms with E-state index in [1.807, 2.05) is 0 Å². The maximum Gasteiger partial charge on any atom is 0.236 e. The Bertz CT molecular complexity index is 595. The molecular formula is C14H16ClNO3S. The van der Waals surface area contributed by atoms with Crippen molar-refractivity contribution in [3.05, 3.63) is 40.3 Å². The number of carbonyl (C=O) groups excluding carboxylic acids is 1. The maximum atomic E-state index is 12.2. The molecule has 0 amide bonds. The quantitative estimate of drug-likeness (QED) is 0.803. The van der Waals surface area contributed by atoms with Gasteiger partial charge in [0.15, 0.2) is 0 Å². The average molecular weight is 314 g/mol. The van der Waals surface area contributed by atoms with Gasteiger partial charge in [0, 0.05) is 29.4 Å². The SMILES string of the molecule is O=CC1CCCN(S(=O)(=O)C=Cc2ccc(Cl)cc2)C1. The van der Waals surface area contributed by atoms with Gasteiger partial charge in [-0.15, -0.1) is 0 Å². The molecule has 0 N–H and O–H groups in total. The van der Waals surface area contributed by atoms with Crippen LogP contribution in [-0.4, -0.2) is 32.1 Å². The molecule has 4 nitrogen and oxygen atoms in total. The van der Waals surface area contributed by atoms with E-state index < -0.39 is 10.0 Å². The van der Waals surface area contributed by atoms with Gasteiger partial charge in [0.25, 0.3) is 0 Å². The van der Waals surface area contributed by atoms with Crippen molar-refractivity contribution in [1.29, 1.82) is 0 Å². The molecule has 1 aromatic rings. The molecule has 1 heterocycles. The zero-order valence-corrected chi connectivity index (χ0v) is 12.5. The third kappa shape index (κ3) is 3.91. The Morgan fingerprint density at radius 1 is 1.25 bits per heavy atom. The van der Waals surface area contributed by atoms with Crippen LogP contribution < -0.4 is 0 Å². The van der Waals surface area contributed by atoms with E-state index in [0.717, 1.165) is 24.7 Å². The molecule has 20 heavy (non-hydrogen) atoms. The second-order valence-electron chi connectivity index (χ2n) is 4.80. The molecule has 0 spiro atoms. The minimum absolute atomic E-state index is 0.192. The molecule has 6 heteroatoms. The summed E-state index contributed by atoms with van der Waals surface area (Å²) in [7, 11) is -3.47. The van der Waals surface area contributed by atoms with Crippen LogP contribution in [0.15, 0.2) is 29.7 Å². The molecule has 1 fully saturated rings. The van der Waals surface area contributed by atoms with E-state index in [-0.39, 0.29) is 12.5 Å². The molecule has 0 aliphatic carbocycles. The van der Waals surface area contributed by atoms with Crippen molar-refractivity contribution in [2.45, 2.75) is 12.8 Å². The van der Waals surface area contributed by atoms with Gasteiger partial charge in [0.05, 0.1) is 0 Å². The largest absolute Gasteiger partial charge is 0.303 e. The normalized spacial score (nSPS) is 21.1. The molecule has 1 aliphatic rings. The molecule has 0 saturated carbocycles. The van der Waals surface area contributed by atoms with Gasteiger partial charge in [-0.05, 0) is 36.6 Å². The highest BCUT2D eigenvalue weighted by Gasteiger charge is 2.26. The molecule has 1 saturated heterocycles. The Balaban J connectivity index is 2.10. The molecule has 0 aromatic heterocycles. The first kappa shape index (κ1) is 15.2. The number of piperidine rings is 1. The highest BCUT2D eigenvalue weighted by molar-refractivity contribution is 7.92. The molecule has 1 aromatic carbocycles.